The number of piperazine rings is 1. The van der Waals surface area contributed by atoms with Crippen LogP contribution in [0, 0.1) is 12.7 Å². The first kappa shape index (κ1) is 17.3. The molecule has 1 amide bonds. The first-order valence-electron chi connectivity index (χ1n) is 8.94. The summed E-state index contributed by atoms with van der Waals surface area (Å²) < 4.78 is 18.8. The number of aryl methyl sites for hydroxylation is 1. The molecule has 5 nitrogen and oxygen atoms in total. The van der Waals surface area contributed by atoms with Crippen molar-refractivity contribution in [2.75, 3.05) is 31.1 Å². The van der Waals surface area contributed by atoms with Gasteiger partial charge in [-0.2, -0.15) is 0 Å². The fourth-order valence-electron chi connectivity index (χ4n) is 3.33. The number of benzene rings is 2. The lowest BCUT2D eigenvalue weighted by Gasteiger charge is -2.35. The van der Waals surface area contributed by atoms with Crippen LogP contribution in [-0.4, -0.2) is 42.0 Å². The van der Waals surface area contributed by atoms with Gasteiger partial charge in [0.1, 0.15) is 11.5 Å². The number of hydrogen-bond acceptors (Lipinski definition) is 4. The Morgan fingerprint density at radius 2 is 1.67 bits per heavy atom. The Morgan fingerprint density at radius 1 is 1.00 bits per heavy atom. The van der Waals surface area contributed by atoms with E-state index in [2.05, 4.69) is 9.88 Å². The Kier molecular flexibility index (Phi) is 4.62. The number of carbonyl (C=O) groups is 1. The molecule has 6 heteroatoms. The van der Waals surface area contributed by atoms with Gasteiger partial charge in [-0.15, -0.1) is 0 Å². The number of aromatic nitrogens is 1. The second kappa shape index (κ2) is 7.23. The quantitative estimate of drug-likeness (QED) is 0.709. The maximum atomic E-state index is 13.1. The van der Waals surface area contributed by atoms with Crippen molar-refractivity contribution in [3.05, 3.63) is 72.1 Å². The zero-order chi connectivity index (χ0) is 18.8. The van der Waals surface area contributed by atoms with Gasteiger partial charge in [0, 0.05) is 44.4 Å². The second-order valence-electron chi connectivity index (χ2n) is 6.53. The van der Waals surface area contributed by atoms with Crippen molar-refractivity contribution >= 4 is 11.6 Å². The van der Waals surface area contributed by atoms with Gasteiger partial charge in [-0.25, -0.2) is 9.37 Å². The highest BCUT2D eigenvalue weighted by atomic mass is 19.1. The number of rotatable bonds is 3. The standard InChI is InChI=1S/C21H20FN3O2/c1-15-23-19(16-5-3-2-4-6-16)20(27-15)21(26)25-13-11-24(12-14-25)18-9-7-17(22)8-10-18/h2-10H,11-14H2,1H3. The number of halogens is 1. The van der Waals surface area contributed by atoms with Gasteiger partial charge >= 0.3 is 0 Å². The second-order valence-corrected chi connectivity index (χ2v) is 6.53. The van der Waals surface area contributed by atoms with E-state index in [1.807, 2.05) is 30.3 Å². The van der Waals surface area contributed by atoms with Crippen molar-refractivity contribution in [2.45, 2.75) is 6.92 Å². The molecule has 1 fully saturated rings. The molecule has 0 bridgehead atoms. The van der Waals surface area contributed by atoms with Gasteiger partial charge < -0.3 is 14.2 Å². The average molecular weight is 365 g/mol. The molecule has 1 aromatic heterocycles. The summed E-state index contributed by atoms with van der Waals surface area (Å²) >= 11 is 0. The predicted octanol–water partition coefficient (Wildman–Crippen LogP) is 3.75. The number of hydrogen-bond donors (Lipinski definition) is 0. The van der Waals surface area contributed by atoms with E-state index in [-0.39, 0.29) is 17.5 Å². The van der Waals surface area contributed by atoms with E-state index in [4.69, 9.17) is 4.42 Å². The van der Waals surface area contributed by atoms with Gasteiger partial charge in [-0.3, -0.25) is 4.79 Å². The Bertz CT molecular complexity index is 930. The monoisotopic (exact) mass is 365 g/mol. The number of nitrogens with zero attached hydrogens (tertiary/aromatic N) is 3. The third kappa shape index (κ3) is 3.56. The molecular formula is C21H20FN3O2. The molecule has 27 heavy (non-hydrogen) atoms. The van der Waals surface area contributed by atoms with E-state index in [0.29, 0.717) is 37.8 Å². The molecule has 0 atom stereocenters. The molecular weight excluding hydrogens is 345 g/mol. The zero-order valence-corrected chi connectivity index (χ0v) is 15.1. The third-order valence-electron chi connectivity index (χ3n) is 4.73. The average Bonchev–Trinajstić information content (AvgIpc) is 3.10. The van der Waals surface area contributed by atoms with E-state index in [1.165, 1.54) is 12.1 Å². The summed E-state index contributed by atoms with van der Waals surface area (Å²) in [6, 6.07) is 16.0. The fourth-order valence-corrected chi connectivity index (χ4v) is 3.33. The highest BCUT2D eigenvalue weighted by molar-refractivity contribution is 5.97. The van der Waals surface area contributed by atoms with E-state index in [0.717, 1.165) is 11.3 Å². The minimum atomic E-state index is -0.248. The van der Waals surface area contributed by atoms with Gasteiger partial charge in [-0.1, -0.05) is 30.3 Å². The molecule has 0 aliphatic carbocycles. The molecule has 0 saturated carbocycles. The van der Waals surface area contributed by atoms with Gasteiger partial charge in [0.2, 0.25) is 5.76 Å². The molecule has 2 aromatic carbocycles. The molecule has 1 aliphatic rings. The van der Waals surface area contributed by atoms with Crippen LogP contribution in [0.4, 0.5) is 10.1 Å². The molecule has 0 spiro atoms. The van der Waals surface area contributed by atoms with Gasteiger partial charge in [0.05, 0.1) is 0 Å². The highest BCUT2D eigenvalue weighted by Crippen LogP contribution is 2.26. The Hall–Kier alpha value is -3.15. The van der Waals surface area contributed by atoms with Crippen molar-refractivity contribution in [3.8, 4) is 11.3 Å². The van der Waals surface area contributed by atoms with Gasteiger partial charge in [-0.05, 0) is 24.3 Å². The molecule has 4 rings (SSSR count). The predicted molar refractivity (Wildman–Crippen MR) is 101 cm³/mol. The van der Waals surface area contributed by atoms with Gasteiger partial charge in [0.25, 0.3) is 5.91 Å². The van der Waals surface area contributed by atoms with Crippen molar-refractivity contribution in [1.29, 1.82) is 0 Å². The lowest BCUT2D eigenvalue weighted by molar-refractivity contribution is 0.0714. The lowest BCUT2D eigenvalue weighted by Crippen LogP contribution is -2.48. The number of anilines is 1. The molecule has 0 N–H and O–H groups in total. The van der Waals surface area contributed by atoms with Crippen molar-refractivity contribution in [3.63, 3.8) is 0 Å². The largest absolute Gasteiger partial charge is 0.435 e. The number of carbonyl (C=O) groups excluding carboxylic acids is 1. The van der Waals surface area contributed by atoms with Crippen LogP contribution in [0.3, 0.4) is 0 Å². The zero-order valence-electron chi connectivity index (χ0n) is 15.1. The van der Waals surface area contributed by atoms with Crippen molar-refractivity contribution in [2.24, 2.45) is 0 Å². The Balaban J connectivity index is 1.50. The van der Waals surface area contributed by atoms with Crippen LogP contribution >= 0.6 is 0 Å². The van der Waals surface area contributed by atoms with Crippen LogP contribution in [-0.2, 0) is 0 Å². The molecule has 3 aromatic rings. The normalized spacial score (nSPS) is 14.4. The first-order chi connectivity index (χ1) is 13.1. The lowest BCUT2D eigenvalue weighted by atomic mass is 10.1. The van der Waals surface area contributed by atoms with Gasteiger partial charge in [0.15, 0.2) is 5.89 Å². The summed E-state index contributed by atoms with van der Waals surface area (Å²) in [5, 5.41) is 0. The highest BCUT2D eigenvalue weighted by Gasteiger charge is 2.28. The van der Waals surface area contributed by atoms with E-state index < -0.39 is 0 Å². The smallest absolute Gasteiger partial charge is 0.292 e. The molecule has 2 heterocycles. The minimum Gasteiger partial charge on any atom is -0.435 e. The van der Waals surface area contributed by atoms with Crippen LogP contribution in [0.25, 0.3) is 11.3 Å². The van der Waals surface area contributed by atoms with Crippen molar-refractivity contribution < 1.29 is 13.6 Å². The summed E-state index contributed by atoms with van der Waals surface area (Å²) in [4.78, 5) is 21.4. The van der Waals surface area contributed by atoms with Crippen LogP contribution in [0.2, 0.25) is 0 Å². The summed E-state index contributed by atoms with van der Waals surface area (Å²) in [7, 11) is 0. The maximum Gasteiger partial charge on any atom is 0.292 e. The SMILES string of the molecule is Cc1nc(-c2ccccc2)c(C(=O)N2CCN(c3ccc(F)cc3)CC2)o1. The topological polar surface area (TPSA) is 49.6 Å². The summed E-state index contributed by atoms with van der Waals surface area (Å²) in [5.74, 6) is 0.367. The molecule has 0 unspecified atom stereocenters. The minimum absolute atomic E-state index is 0.145. The number of amides is 1. The van der Waals surface area contributed by atoms with Crippen LogP contribution in [0.1, 0.15) is 16.4 Å². The summed E-state index contributed by atoms with van der Waals surface area (Å²) in [5.41, 5.74) is 2.41. The molecule has 1 aliphatic heterocycles. The maximum absolute atomic E-state index is 13.1. The Morgan fingerprint density at radius 3 is 2.33 bits per heavy atom. The third-order valence-corrected chi connectivity index (χ3v) is 4.73. The molecule has 1 saturated heterocycles. The van der Waals surface area contributed by atoms with E-state index >= 15 is 0 Å². The number of oxazole rings is 1. The van der Waals surface area contributed by atoms with Crippen molar-refractivity contribution in [1.82, 2.24) is 9.88 Å². The van der Waals surface area contributed by atoms with Crippen LogP contribution in [0.15, 0.2) is 59.0 Å². The Labute approximate surface area is 157 Å². The van der Waals surface area contributed by atoms with E-state index in [1.54, 1.807) is 24.0 Å². The first-order valence-corrected chi connectivity index (χ1v) is 8.94. The molecule has 138 valence electrons. The molecule has 0 radical (unpaired) electrons. The summed E-state index contributed by atoms with van der Waals surface area (Å²) in [6.07, 6.45) is 0. The van der Waals surface area contributed by atoms with Crippen LogP contribution in [0.5, 0.6) is 0 Å². The summed E-state index contributed by atoms with van der Waals surface area (Å²) in [6.45, 7) is 4.26. The van der Waals surface area contributed by atoms with Crippen LogP contribution < -0.4 is 4.90 Å². The van der Waals surface area contributed by atoms with E-state index in [9.17, 15) is 9.18 Å². The fraction of sp³-hybridized carbons (Fsp3) is 0.238.